The van der Waals surface area contributed by atoms with Gasteiger partial charge in [0.1, 0.15) is 5.82 Å². The first-order valence-corrected chi connectivity index (χ1v) is 7.20. The standard InChI is InChI=1S/C12H14FNO4S/c1-7-5-9(6-10(11(7)13)12(15)16)19(17,18)14(2)8-3-4-8/h5-6,8H,3-4H2,1-2H3,(H,15,16). The average Bonchev–Trinajstić information content (AvgIpc) is 3.14. The Labute approximate surface area is 110 Å². The molecule has 0 spiro atoms. The lowest BCUT2D eigenvalue weighted by Crippen LogP contribution is -2.29. The third kappa shape index (κ3) is 2.48. The molecule has 104 valence electrons. The van der Waals surface area contributed by atoms with Gasteiger partial charge in [-0.2, -0.15) is 4.31 Å². The molecule has 1 aromatic carbocycles. The summed E-state index contributed by atoms with van der Waals surface area (Å²) in [4.78, 5) is 10.7. The van der Waals surface area contributed by atoms with Crippen molar-refractivity contribution in [1.29, 1.82) is 0 Å². The largest absolute Gasteiger partial charge is 0.478 e. The highest BCUT2D eigenvalue weighted by molar-refractivity contribution is 7.89. The minimum atomic E-state index is -3.77. The molecule has 1 aromatic rings. The molecule has 0 bridgehead atoms. The highest BCUT2D eigenvalue weighted by Crippen LogP contribution is 2.31. The fourth-order valence-electron chi connectivity index (χ4n) is 1.84. The van der Waals surface area contributed by atoms with Crippen LogP contribution in [0, 0.1) is 12.7 Å². The summed E-state index contributed by atoms with van der Waals surface area (Å²) in [6.45, 7) is 1.35. The molecule has 0 unspecified atom stereocenters. The molecular weight excluding hydrogens is 273 g/mol. The number of benzene rings is 1. The number of carboxylic acids is 1. The maximum atomic E-state index is 13.6. The van der Waals surface area contributed by atoms with Crippen LogP contribution in [0.3, 0.4) is 0 Å². The van der Waals surface area contributed by atoms with E-state index >= 15 is 0 Å². The van der Waals surface area contributed by atoms with Crippen molar-refractivity contribution < 1.29 is 22.7 Å². The van der Waals surface area contributed by atoms with Gasteiger partial charge in [-0.3, -0.25) is 0 Å². The lowest BCUT2D eigenvalue weighted by Gasteiger charge is -2.17. The first kappa shape index (κ1) is 14.0. The van der Waals surface area contributed by atoms with Crippen molar-refractivity contribution in [1.82, 2.24) is 4.31 Å². The first-order chi connectivity index (χ1) is 8.75. The van der Waals surface area contributed by atoms with Gasteiger partial charge in [0.25, 0.3) is 0 Å². The Morgan fingerprint density at radius 3 is 2.47 bits per heavy atom. The van der Waals surface area contributed by atoms with Crippen LogP contribution in [0.4, 0.5) is 4.39 Å². The van der Waals surface area contributed by atoms with Crippen LogP contribution in [0.1, 0.15) is 28.8 Å². The van der Waals surface area contributed by atoms with Gasteiger partial charge in [-0.25, -0.2) is 17.6 Å². The molecular formula is C12H14FNO4S. The van der Waals surface area contributed by atoms with Gasteiger partial charge in [0.15, 0.2) is 0 Å². The molecule has 0 aromatic heterocycles. The number of halogens is 1. The van der Waals surface area contributed by atoms with Crippen molar-refractivity contribution in [2.24, 2.45) is 0 Å². The molecule has 0 radical (unpaired) electrons. The first-order valence-electron chi connectivity index (χ1n) is 5.76. The maximum absolute atomic E-state index is 13.6. The molecule has 1 aliphatic rings. The van der Waals surface area contributed by atoms with Crippen molar-refractivity contribution in [3.05, 3.63) is 29.1 Å². The van der Waals surface area contributed by atoms with Gasteiger partial charge in [-0.15, -0.1) is 0 Å². The predicted molar refractivity (Wildman–Crippen MR) is 66.1 cm³/mol. The van der Waals surface area contributed by atoms with Gasteiger partial charge < -0.3 is 5.11 Å². The molecule has 0 heterocycles. The summed E-state index contributed by atoms with van der Waals surface area (Å²) in [6, 6.07) is 2.00. The molecule has 7 heteroatoms. The summed E-state index contributed by atoms with van der Waals surface area (Å²) in [5.74, 6) is -2.38. The monoisotopic (exact) mass is 287 g/mol. The highest BCUT2D eigenvalue weighted by atomic mass is 32.2. The van der Waals surface area contributed by atoms with Gasteiger partial charge in [-0.05, 0) is 37.5 Å². The highest BCUT2D eigenvalue weighted by Gasteiger charge is 2.35. The fraction of sp³-hybridized carbons (Fsp3) is 0.417. The molecule has 2 rings (SSSR count). The van der Waals surface area contributed by atoms with E-state index in [1.807, 2.05) is 0 Å². The Balaban J connectivity index is 2.53. The van der Waals surface area contributed by atoms with Crippen LogP contribution in [0.2, 0.25) is 0 Å². The molecule has 19 heavy (non-hydrogen) atoms. The SMILES string of the molecule is Cc1cc(S(=O)(=O)N(C)C2CC2)cc(C(=O)O)c1F. The smallest absolute Gasteiger partial charge is 0.338 e. The Morgan fingerprint density at radius 2 is 2.00 bits per heavy atom. The summed E-state index contributed by atoms with van der Waals surface area (Å²) in [6.07, 6.45) is 1.59. The summed E-state index contributed by atoms with van der Waals surface area (Å²) >= 11 is 0. The van der Waals surface area contributed by atoms with Crippen LogP contribution in [0.25, 0.3) is 0 Å². The lowest BCUT2D eigenvalue weighted by molar-refractivity contribution is 0.0691. The molecule has 5 nitrogen and oxygen atoms in total. The predicted octanol–water partition coefficient (Wildman–Crippen LogP) is 1.62. The number of aryl methyl sites for hydroxylation is 1. The van der Waals surface area contributed by atoms with E-state index in [0.717, 1.165) is 25.0 Å². The number of hydrogen-bond donors (Lipinski definition) is 1. The zero-order valence-corrected chi connectivity index (χ0v) is 11.4. The van der Waals surface area contributed by atoms with Crippen molar-refractivity contribution in [3.63, 3.8) is 0 Å². The second-order valence-corrected chi connectivity index (χ2v) is 6.66. The van der Waals surface area contributed by atoms with Crippen LogP contribution >= 0.6 is 0 Å². The molecule has 0 saturated heterocycles. The number of nitrogens with zero attached hydrogens (tertiary/aromatic N) is 1. The molecule has 1 fully saturated rings. The van der Waals surface area contributed by atoms with Crippen molar-refractivity contribution in [2.45, 2.75) is 30.7 Å². The van der Waals surface area contributed by atoms with E-state index < -0.39 is 27.4 Å². The van der Waals surface area contributed by atoms with Gasteiger partial charge in [-0.1, -0.05) is 0 Å². The molecule has 1 aliphatic carbocycles. The lowest BCUT2D eigenvalue weighted by atomic mass is 10.1. The quantitative estimate of drug-likeness (QED) is 0.913. The Morgan fingerprint density at radius 1 is 1.42 bits per heavy atom. The number of carbonyl (C=O) groups is 1. The normalized spacial score (nSPS) is 15.8. The van der Waals surface area contributed by atoms with Gasteiger partial charge >= 0.3 is 5.97 Å². The van der Waals surface area contributed by atoms with Crippen molar-refractivity contribution in [2.75, 3.05) is 7.05 Å². The van der Waals surface area contributed by atoms with Crippen molar-refractivity contribution in [3.8, 4) is 0 Å². The zero-order valence-electron chi connectivity index (χ0n) is 10.6. The Kier molecular flexibility index (Phi) is 3.36. The molecule has 0 atom stereocenters. The van der Waals surface area contributed by atoms with Crippen LogP contribution in [0.15, 0.2) is 17.0 Å². The number of hydrogen-bond acceptors (Lipinski definition) is 3. The molecule has 1 saturated carbocycles. The molecule has 0 amide bonds. The van der Waals surface area contributed by atoms with E-state index in [2.05, 4.69) is 0 Å². The van der Waals surface area contributed by atoms with Gasteiger partial charge in [0, 0.05) is 13.1 Å². The summed E-state index contributed by atoms with van der Waals surface area (Å²) in [5.41, 5.74) is -0.620. The van der Waals surface area contributed by atoms with Crippen LogP contribution in [0.5, 0.6) is 0 Å². The Hall–Kier alpha value is -1.47. The number of aromatic carboxylic acids is 1. The summed E-state index contributed by atoms with van der Waals surface area (Å²) in [5, 5.41) is 8.89. The third-order valence-electron chi connectivity index (χ3n) is 3.20. The fourth-order valence-corrected chi connectivity index (χ4v) is 3.37. The number of sulfonamides is 1. The van der Waals surface area contributed by atoms with Crippen LogP contribution in [-0.4, -0.2) is 36.9 Å². The maximum Gasteiger partial charge on any atom is 0.338 e. The molecule has 1 N–H and O–H groups in total. The van der Waals surface area contributed by atoms with Gasteiger partial charge in [0.05, 0.1) is 10.5 Å². The summed E-state index contributed by atoms with van der Waals surface area (Å²) < 4.78 is 39.3. The van der Waals surface area contributed by atoms with Crippen molar-refractivity contribution >= 4 is 16.0 Å². The Bertz CT molecular complexity index is 637. The zero-order chi connectivity index (χ0) is 14.4. The number of carboxylic acid groups (broad SMARTS) is 1. The van der Waals surface area contributed by atoms with E-state index in [4.69, 9.17) is 5.11 Å². The minimum absolute atomic E-state index is 0.00247. The number of rotatable bonds is 4. The minimum Gasteiger partial charge on any atom is -0.478 e. The van der Waals surface area contributed by atoms with Gasteiger partial charge in [0.2, 0.25) is 10.0 Å². The van der Waals surface area contributed by atoms with E-state index in [1.165, 1.54) is 18.3 Å². The van der Waals surface area contributed by atoms with E-state index in [0.29, 0.717) is 0 Å². The van der Waals surface area contributed by atoms with E-state index in [9.17, 15) is 17.6 Å². The second kappa shape index (κ2) is 4.57. The van der Waals surface area contributed by atoms with Crippen LogP contribution < -0.4 is 0 Å². The second-order valence-electron chi connectivity index (χ2n) is 4.66. The third-order valence-corrected chi connectivity index (χ3v) is 5.08. The van der Waals surface area contributed by atoms with E-state index in [1.54, 1.807) is 0 Å². The van der Waals surface area contributed by atoms with E-state index in [-0.39, 0.29) is 16.5 Å². The molecule has 0 aliphatic heterocycles. The topological polar surface area (TPSA) is 74.7 Å². The average molecular weight is 287 g/mol. The summed E-state index contributed by atoms with van der Waals surface area (Å²) in [7, 11) is -2.32. The van der Waals surface area contributed by atoms with Crippen LogP contribution in [-0.2, 0) is 10.0 Å².